The fourth-order valence-corrected chi connectivity index (χ4v) is 3.64. The zero-order valence-corrected chi connectivity index (χ0v) is 19.7. The maximum Gasteiger partial charge on any atom is 0.303 e. The minimum absolute atomic E-state index is 0.0350. The van der Waals surface area contributed by atoms with Gasteiger partial charge in [0, 0.05) is 36.8 Å². The Hall–Kier alpha value is -3.56. The summed E-state index contributed by atoms with van der Waals surface area (Å²) in [5.74, 6) is -0.838. The van der Waals surface area contributed by atoms with Gasteiger partial charge in [0.15, 0.2) is 6.10 Å². The number of nitrogens with two attached hydrogens (primary N) is 1. The van der Waals surface area contributed by atoms with Gasteiger partial charge < -0.3 is 15.8 Å². The lowest BCUT2D eigenvalue weighted by atomic mass is 10.1. The second-order valence-electron chi connectivity index (χ2n) is 7.72. The van der Waals surface area contributed by atoms with E-state index in [4.69, 9.17) is 22.1 Å². The Balaban J connectivity index is 1.77. The van der Waals surface area contributed by atoms with Crippen LogP contribution in [0, 0.1) is 6.92 Å². The Labute approximate surface area is 201 Å². The summed E-state index contributed by atoms with van der Waals surface area (Å²) in [6, 6.07) is 10.5. The minimum Gasteiger partial charge on any atom is -0.454 e. The zero-order chi connectivity index (χ0) is 24.7. The molecule has 0 saturated carbocycles. The second kappa shape index (κ2) is 11.5. The maximum absolute atomic E-state index is 13.1. The highest BCUT2D eigenvalue weighted by atomic mass is 35.5. The van der Waals surface area contributed by atoms with E-state index in [1.807, 2.05) is 6.07 Å². The van der Waals surface area contributed by atoms with Gasteiger partial charge in [-0.15, -0.1) is 0 Å². The Morgan fingerprint density at radius 1 is 1.24 bits per heavy atom. The first-order valence-corrected chi connectivity index (χ1v) is 11.0. The lowest BCUT2D eigenvalue weighted by molar-refractivity contribution is -0.147. The van der Waals surface area contributed by atoms with Crippen molar-refractivity contribution in [1.82, 2.24) is 20.1 Å². The van der Waals surface area contributed by atoms with Crippen LogP contribution in [0.3, 0.4) is 0 Å². The molecule has 10 heteroatoms. The lowest BCUT2D eigenvalue weighted by Crippen LogP contribution is -2.34. The first-order valence-electron chi connectivity index (χ1n) is 10.7. The molecule has 1 amide bonds. The van der Waals surface area contributed by atoms with Crippen molar-refractivity contribution in [3.05, 3.63) is 92.1 Å². The normalized spacial score (nSPS) is 11.6. The van der Waals surface area contributed by atoms with E-state index in [-0.39, 0.29) is 25.4 Å². The topological polar surface area (TPSA) is 129 Å². The minimum atomic E-state index is -0.800. The molecule has 0 radical (unpaired) electrons. The van der Waals surface area contributed by atoms with Gasteiger partial charge in [0.05, 0.1) is 24.9 Å². The highest BCUT2D eigenvalue weighted by Crippen LogP contribution is 2.18. The van der Waals surface area contributed by atoms with Crippen LogP contribution in [0.1, 0.15) is 41.0 Å². The summed E-state index contributed by atoms with van der Waals surface area (Å²) in [6.45, 7) is 3.52. The average Bonchev–Trinajstić information content (AvgIpc) is 2.82. The Kier molecular flexibility index (Phi) is 8.50. The standard InChI is InChI=1S/C24H26ClN5O4/c1-15-12-29-30(14-22(34-16(2)31)21-5-3-4-8-27-21)24(33)20(15)10-23(32)28-13-18-9-19(25)7-6-17(18)11-26/h3-9,12,22H,10-11,13-14,26H2,1-2H3,(H,28,32). The van der Waals surface area contributed by atoms with Crippen LogP contribution < -0.4 is 16.6 Å². The molecular weight excluding hydrogens is 458 g/mol. The number of hydrogen-bond acceptors (Lipinski definition) is 7. The van der Waals surface area contributed by atoms with Crippen LogP contribution in [0.5, 0.6) is 0 Å². The van der Waals surface area contributed by atoms with E-state index in [1.54, 1.807) is 43.5 Å². The molecule has 0 fully saturated rings. The number of aromatic nitrogens is 3. The third kappa shape index (κ3) is 6.49. The third-order valence-electron chi connectivity index (χ3n) is 5.23. The highest BCUT2D eigenvalue weighted by Gasteiger charge is 2.20. The maximum atomic E-state index is 13.1. The quantitative estimate of drug-likeness (QED) is 0.446. The van der Waals surface area contributed by atoms with Crippen LogP contribution in [-0.2, 0) is 40.4 Å². The van der Waals surface area contributed by atoms with E-state index in [2.05, 4.69) is 15.4 Å². The summed E-state index contributed by atoms with van der Waals surface area (Å²) in [4.78, 5) is 41.6. The zero-order valence-electron chi connectivity index (χ0n) is 19.0. The van der Waals surface area contributed by atoms with E-state index in [0.717, 1.165) is 11.1 Å². The first-order chi connectivity index (χ1) is 16.3. The van der Waals surface area contributed by atoms with Gasteiger partial charge in [0.1, 0.15) is 0 Å². The van der Waals surface area contributed by atoms with Gasteiger partial charge >= 0.3 is 5.97 Å². The van der Waals surface area contributed by atoms with E-state index in [9.17, 15) is 14.4 Å². The SMILES string of the molecule is CC(=O)OC(Cn1ncc(C)c(CC(=O)NCc2cc(Cl)ccc2CN)c1=O)c1ccccn1. The molecule has 3 N–H and O–H groups in total. The van der Waals surface area contributed by atoms with Gasteiger partial charge in [-0.3, -0.25) is 19.4 Å². The molecular formula is C24H26ClN5O4. The van der Waals surface area contributed by atoms with Crippen LogP contribution >= 0.6 is 11.6 Å². The Bertz CT molecular complexity index is 1230. The molecule has 0 aliphatic rings. The molecule has 9 nitrogen and oxygen atoms in total. The number of pyridine rings is 1. The van der Waals surface area contributed by atoms with Gasteiger partial charge in [0.25, 0.3) is 5.56 Å². The number of halogens is 1. The predicted octanol–water partition coefficient (Wildman–Crippen LogP) is 2.22. The number of benzene rings is 1. The van der Waals surface area contributed by atoms with Crippen molar-refractivity contribution in [1.29, 1.82) is 0 Å². The lowest BCUT2D eigenvalue weighted by Gasteiger charge is -2.18. The number of esters is 1. The summed E-state index contributed by atoms with van der Waals surface area (Å²) in [5.41, 5.74) is 8.39. The van der Waals surface area contributed by atoms with Gasteiger partial charge in [-0.25, -0.2) is 4.68 Å². The highest BCUT2D eigenvalue weighted by molar-refractivity contribution is 6.30. The molecule has 178 valence electrons. The molecule has 1 aromatic carbocycles. The molecule has 34 heavy (non-hydrogen) atoms. The van der Waals surface area contributed by atoms with Crippen molar-refractivity contribution < 1.29 is 14.3 Å². The molecule has 2 aromatic heterocycles. The van der Waals surface area contributed by atoms with E-state index in [0.29, 0.717) is 28.4 Å². The monoisotopic (exact) mass is 483 g/mol. The van der Waals surface area contributed by atoms with Crippen molar-refractivity contribution in [2.24, 2.45) is 5.73 Å². The molecule has 0 spiro atoms. The number of hydrogen-bond donors (Lipinski definition) is 2. The molecule has 0 aliphatic heterocycles. The molecule has 2 heterocycles. The van der Waals surface area contributed by atoms with Crippen molar-refractivity contribution in [2.45, 2.75) is 46.0 Å². The third-order valence-corrected chi connectivity index (χ3v) is 5.46. The summed E-state index contributed by atoms with van der Waals surface area (Å²) >= 11 is 6.05. The predicted molar refractivity (Wildman–Crippen MR) is 127 cm³/mol. The summed E-state index contributed by atoms with van der Waals surface area (Å²) in [7, 11) is 0. The van der Waals surface area contributed by atoms with Gasteiger partial charge in [-0.1, -0.05) is 23.7 Å². The number of nitrogens with one attached hydrogen (secondary N) is 1. The number of aryl methyl sites for hydroxylation is 1. The fourth-order valence-electron chi connectivity index (χ4n) is 3.45. The van der Waals surface area contributed by atoms with Gasteiger partial charge in [0.2, 0.25) is 5.91 Å². The van der Waals surface area contributed by atoms with Gasteiger partial charge in [-0.2, -0.15) is 5.10 Å². The molecule has 0 saturated heterocycles. The largest absolute Gasteiger partial charge is 0.454 e. The van der Waals surface area contributed by atoms with Crippen LogP contribution in [0.2, 0.25) is 5.02 Å². The second-order valence-corrected chi connectivity index (χ2v) is 8.15. The van der Waals surface area contributed by atoms with Crippen molar-refractivity contribution in [3.63, 3.8) is 0 Å². The van der Waals surface area contributed by atoms with Crippen molar-refractivity contribution in [2.75, 3.05) is 0 Å². The average molecular weight is 484 g/mol. The van der Waals surface area contributed by atoms with E-state index in [1.165, 1.54) is 17.8 Å². The van der Waals surface area contributed by atoms with Gasteiger partial charge in [-0.05, 0) is 47.9 Å². The summed E-state index contributed by atoms with van der Waals surface area (Å²) in [5, 5.41) is 7.53. The van der Waals surface area contributed by atoms with Crippen LogP contribution in [0.4, 0.5) is 0 Å². The van der Waals surface area contributed by atoms with E-state index >= 15 is 0 Å². The van der Waals surface area contributed by atoms with Crippen LogP contribution in [-0.4, -0.2) is 26.6 Å². The first kappa shape index (κ1) is 25.1. The molecule has 1 unspecified atom stereocenters. The number of rotatable bonds is 9. The summed E-state index contributed by atoms with van der Waals surface area (Å²) in [6.07, 6.45) is 2.15. The van der Waals surface area contributed by atoms with Crippen LogP contribution in [0.15, 0.2) is 53.6 Å². The summed E-state index contributed by atoms with van der Waals surface area (Å²) < 4.78 is 6.55. The number of ether oxygens (including phenoxy) is 1. The fraction of sp³-hybridized carbons (Fsp3) is 0.292. The smallest absolute Gasteiger partial charge is 0.303 e. The van der Waals surface area contributed by atoms with Crippen molar-refractivity contribution >= 4 is 23.5 Å². The molecule has 3 aromatic rings. The number of carbonyl (C=O) groups excluding carboxylic acids is 2. The van der Waals surface area contributed by atoms with Crippen molar-refractivity contribution in [3.8, 4) is 0 Å². The Morgan fingerprint density at radius 2 is 2.03 bits per heavy atom. The van der Waals surface area contributed by atoms with Crippen LogP contribution in [0.25, 0.3) is 0 Å². The van der Waals surface area contributed by atoms with E-state index < -0.39 is 17.6 Å². The number of nitrogens with zero attached hydrogens (tertiary/aromatic N) is 3. The number of carbonyl (C=O) groups is 2. The number of amides is 1. The molecule has 1 atom stereocenters. The molecule has 0 bridgehead atoms. The Morgan fingerprint density at radius 3 is 2.71 bits per heavy atom. The molecule has 0 aliphatic carbocycles. The molecule has 3 rings (SSSR count).